The molecule has 0 amide bonds. The molecule has 0 radical (unpaired) electrons. The lowest BCUT2D eigenvalue weighted by Crippen LogP contribution is -2.42. The molecule has 0 spiro atoms. The lowest BCUT2D eigenvalue weighted by atomic mass is 10.1. The first-order valence-corrected chi connectivity index (χ1v) is 10.2. The second-order valence-electron chi connectivity index (χ2n) is 6.90. The fraction of sp³-hybridized carbons (Fsp3) is 0.273. The monoisotopic (exact) mass is 425 g/mol. The van der Waals surface area contributed by atoms with E-state index in [1.165, 1.54) is 16.9 Å². The van der Waals surface area contributed by atoms with Crippen LogP contribution in [0.1, 0.15) is 11.1 Å². The van der Waals surface area contributed by atoms with Crippen molar-refractivity contribution >= 4 is 23.1 Å². The Bertz CT molecular complexity index is 1220. The average Bonchev–Trinajstić information content (AvgIpc) is 3.08. The van der Waals surface area contributed by atoms with Gasteiger partial charge in [0, 0.05) is 5.69 Å². The summed E-state index contributed by atoms with van der Waals surface area (Å²) in [6, 6.07) is 11.9. The highest BCUT2D eigenvalue weighted by Gasteiger charge is 2.17. The van der Waals surface area contributed by atoms with Crippen LogP contribution in [0.4, 0.5) is 5.69 Å². The third kappa shape index (κ3) is 3.66. The van der Waals surface area contributed by atoms with E-state index < -0.39 is 0 Å². The minimum atomic E-state index is -0.0655. The minimum Gasteiger partial charge on any atom is -0.493 e. The molecule has 30 heavy (non-hydrogen) atoms. The van der Waals surface area contributed by atoms with Gasteiger partial charge in [-0.05, 0) is 42.8 Å². The molecule has 156 valence electrons. The zero-order valence-corrected chi connectivity index (χ0v) is 18.2. The normalized spacial score (nSPS) is 13.6. The predicted molar refractivity (Wildman–Crippen MR) is 118 cm³/mol. The molecule has 0 saturated heterocycles. The Labute approximate surface area is 178 Å². The van der Waals surface area contributed by atoms with Crippen LogP contribution in [0.25, 0.3) is 6.08 Å². The fourth-order valence-corrected chi connectivity index (χ4v) is 4.33. The van der Waals surface area contributed by atoms with Gasteiger partial charge >= 0.3 is 0 Å². The smallest absolute Gasteiger partial charge is 0.271 e. The molecule has 0 unspecified atom stereocenters. The van der Waals surface area contributed by atoms with Crippen LogP contribution in [0.3, 0.4) is 0 Å². The quantitative estimate of drug-likeness (QED) is 0.627. The van der Waals surface area contributed by atoms with Gasteiger partial charge in [-0.2, -0.15) is 0 Å². The van der Waals surface area contributed by atoms with E-state index in [4.69, 9.17) is 14.2 Å². The third-order valence-corrected chi connectivity index (χ3v) is 6.01. The van der Waals surface area contributed by atoms with Gasteiger partial charge in [0.25, 0.3) is 5.56 Å². The van der Waals surface area contributed by atoms with Crippen LogP contribution in [-0.4, -0.2) is 32.6 Å². The van der Waals surface area contributed by atoms with Crippen molar-refractivity contribution in [3.05, 3.63) is 67.2 Å². The van der Waals surface area contributed by atoms with Crippen molar-refractivity contribution < 1.29 is 14.2 Å². The number of hydrogen-bond donors (Lipinski definition) is 0. The van der Waals surface area contributed by atoms with Crippen LogP contribution >= 0.6 is 11.3 Å². The highest BCUT2D eigenvalue weighted by Crippen LogP contribution is 2.38. The van der Waals surface area contributed by atoms with E-state index in [-0.39, 0.29) is 5.56 Å². The number of aromatic nitrogens is 1. The van der Waals surface area contributed by atoms with Gasteiger partial charge < -0.3 is 19.1 Å². The van der Waals surface area contributed by atoms with E-state index in [9.17, 15) is 4.79 Å². The molecule has 0 N–H and O–H groups in total. The molecule has 1 aliphatic rings. The molecule has 4 rings (SSSR count). The van der Waals surface area contributed by atoms with Crippen LogP contribution in [0, 0.1) is 6.92 Å². The van der Waals surface area contributed by atoms with Gasteiger partial charge in [-0.25, -0.2) is 4.99 Å². The average molecular weight is 426 g/mol. The van der Waals surface area contributed by atoms with E-state index in [2.05, 4.69) is 41.1 Å². The molecule has 0 atom stereocenters. The fourth-order valence-electron chi connectivity index (χ4n) is 3.37. The van der Waals surface area contributed by atoms with E-state index in [0.29, 0.717) is 35.1 Å². The van der Waals surface area contributed by atoms with Gasteiger partial charge in [0.2, 0.25) is 5.75 Å². The van der Waals surface area contributed by atoms with Gasteiger partial charge in [-0.1, -0.05) is 29.0 Å². The van der Waals surface area contributed by atoms with E-state index >= 15 is 0 Å². The Morgan fingerprint density at radius 1 is 1.03 bits per heavy atom. The van der Waals surface area contributed by atoms with Crippen LogP contribution in [0.15, 0.2) is 46.2 Å². The number of thiazole rings is 1. The summed E-state index contributed by atoms with van der Waals surface area (Å²) in [5.74, 6) is 1.60. The van der Waals surface area contributed by atoms with Gasteiger partial charge in [0.05, 0.1) is 25.9 Å². The summed E-state index contributed by atoms with van der Waals surface area (Å²) in [6.45, 7) is 3.05. The number of methoxy groups -OCH3 is 3. The third-order valence-electron chi connectivity index (χ3n) is 4.96. The molecule has 1 aromatic heterocycles. The number of nitrogens with zero attached hydrogens (tertiary/aromatic N) is 3. The number of aryl methyl sites for hydroxylation is 1. The van der Waals surface area contributed by atoms with Crippen molar-refractivity contribution in [2.24, 2.45) is 4.99 Å². The second kappa shape index (κ2) is 8.23. The van der Waals surface area contributed by atoms with Crippen LogP contribution < -0.4 is 34.0 Å². The number of rotatable bonds is 5. The maximum atomic E-state index is 13.0. The topological polar surface area (TPSA) is 65.3 Å². The molecular weight excluding hydrogens is 402 g/mol. The molecule has 0 bridgehead atoms. The summed E-state index contributed by atoms with van der Waals surface area (Å²) in [4.78, 5) is 20.5. The summed E-state index contributed by atoms with van der Waals surface area (Å²) in [5, 5.41) is 0. The Morgan fingerprint density at radius 2 is 1.70 bits per heavy atom. The summed E-state index contributed by atoms with van der Waals surface area (Å²) < 4.78 is 18.5. The Kier molecular flexibility index (Phi) is 5.50. The lowest BCUT2D eigenvalue weighted by Gasteiger charge is -2.25. The molecule has 2 aromatic carbocycles. The zero-order chi connectivity index (χ0) is 21.3. The number of ether oxygens (including phenoxy) is 3. The second-order valence-corrected chi connectivity index (χ2v) is 7.91. The highest BCUT2D eigenvalue weighted by molar-refractivity contribution is 7.07. The van der Waals surface area contributed by atoms with E-state index in [1.54, 1.807) is 25.9 Å². The summed E-state index contributed by atoms with van der Waals surface area (Å²) in [7, 11) is 4.70. The van der Waals surface area contributed by atoms with Gasteiger partial charge in [-0.3, -0.25) is 9.36 Å². The Morgan fingerprint density at radius 3 is 2.30 bits per heavy atom. The Hall–Kier alpha value is -3.26. The van der Waals surface area contributed by atoms with Crippen molar-refractivity contribution in [1.82, 2.24) is 4.57 Å². The van der Waals surface area contributed by atoms with Crippen molar-refractivity contribution in [3.8, 4) is 17.2 Å². The maximum Gasteiger partial charge on any atom is 0.271 e. The number of anilines is 1. The summed E-state index contributed by atoms with van der Waals surface area (Å²) in [6.07, 6.45) is 1.83. The highest BCUT2D eigenvalue weighted by atomic mass is 32.1. The van der Waals surface area contributed by atoms with Crippen molar-refractivity contribution in [1.29, 1.82) is 0 Å². The summed E-state index contributed by atoms with van der Waals surface area (Å²) >= 11 is 1.38. The first-order chi connectivity index (χ1) is 14.5. The molecule has 1 aliphatic heterocycles. The van der Waals surface area contributed by atoms with Gasteiger partial charge in [0.15, 0.2) is 16.3 Å². The SMILES string of the molecule is COc1cc(/C=c2\sc3n(c2=O)CN(c2ccc(C)cc2)CN=3)cc(OC)c1OC. The van der Waals surface area contributed by atoms with E-state index in [0.717, 1.165) is 16.1 Å². The molecule has 0 saturated carbocycles. The standard InChI is InChI=1S/C22H23N3O4S/c1-14-5-7-16(8-6-14)24-12-23-22-25(13-24)21(26)19(30-22)11-15-9-17(27-2)20(29-4)18(10-15)28-3/h5-11H,12-13H2,1-4H3/b19-11-. The number of hydrogen-bond acceptors (Lipinski definition) is 7. The molecular formula is C22H23N3O4S. The zero-order valence-electron chi connectivity index (χ0n) is 17.3. The van der Waals surface area contributed by atoms with Crippen LogP contribution in [0.5, 0.6) is 17.2 Å². The maximum absolute atomic E-state index is 13.0. The number of benzene rings is 2. The lowest BCUT2D eigenvalue weighted by molar-refractivity contribution is 0.324. The van der Waals surface area contributed by atoms with Crippen LogP contribution in [-0.2, 0) is 6.67 Å². The van der Waals surface area contributed by atoms with Gasteiger partial charge in [0.1, 0.15) is 13.3 Å². The molecule has 0 aliphatic carbocycles. The van der Waals surface area contributed by atoms with E-state index in [1.807, 2.05) is 18.2 Å². The largest absolute Gasteiger partial charge is 0.493 e. The first kappa shape index (κ1) is 20.0. The minimum absolute atomic E-state index is 0.0655. The molecule has 3 aromatic rings. The first-order valence-electron chi connectivity index (χ1n) is 9.41. The Balaban J connectivity index is 1.73. The molecule has 7 nitrogen and oxygen atoms in total. The molecule has 2 heterocycles. The van der Waals surface area contributed by atoms with Crippen molar-refractivity contribution in [3.63, 3.8) is 0 Å². The van der Waals surface area contributed by atoms with Crippen molar-refractivity contribution in [2.45, 2.75) is 13.6 Å². The van der Waals surface area contributed by atoms with Crippen molar-refractivity contribution in [2.75, 3.05) is 32.9 Å². The summed E-state index contributed by atoms with van der Waals surface area (Å²) in [5.41, 5.74) is 2.96. The molecule has 8 heteroatoms. The number of fused-ring (bicyclic) bond motifs is 1. The van der Waals surface area contributed by atoms with Crippen LogP contribution in [0.2, 0.25) is 0 Å². The molecule has 0 fully saturated rings. The van der Waals surface area contributed by atoms with Gasteiger partial charge in [-0.15, -0.1) is 0 Å². The predicted octanol–water partition coefficient (Wildman–Crippen LogP) is 2.13.